The van der Waals surface area contributed by atoms with E-state index >= 15 is 4.39 Å². The van der Waals surface area contributed by atoms with E-state index in [1.807, 2.05) is 19.9 Å². The maximum Gasteiger partial charge on any atom is 0.328 e. The highest BCUT2D eigenvalue weighted by molar-refractivity contribution is 6.20. The van der Waals surface area contributed by atoms with E-state index in [0.29, 0.717) is 36.4 Å². The Hall–Kier alpha value is -2.72. The predicted molar refractivity (Wildman–Crippen MR) is 102 cm³/mol. The van der Waals surface area contributed by atoms with Crippen LogP contribution in [0.1, 0.15) is 31.9 Å². The van der Waals surface area contributed by atoms with Crippen LogP contribution in [0.3, 0.4) is 0 Å². The Bertz CT molecular complexity index is 962. The number of nitrogens with one attached hydrogen (secondary N) is 2. The van der Waals surface area contributed by atoms with Crippen molar-refractivity contribution in [2.75, 3.05) is 18.0 Å². The molecule has 2 saturated heterocycles. The van der Waals surface area contributed by atoms with Gasteiger partial charge in [0, 0.05) is 25.1 Å². The maximum atomic E-state index is 15.7. The fraction of sp³-hybridized carbons (Fsp3) is 0.550. The second kappa shape index (κ2) is 6.39. The number of hydrogen-bond acceptors (Lipinski definition) is 7. The molecule has 0 bridgehead atoms. The minimum Gasteiger partial charge on any atom is -0.402 e. The van der Waals surface area contributed by atoms with E-state index in [1.165, 1.54) is 0 Å². The first-order chi connectivity index (χ1) is 14.3. The van der Waals surface area contributed by atoms with Crippen molar-refractivity contribution in [3.05, 3.63) is 23.0 Å². The van der Waals surface area contributed by atoms with Gasteiger partial charge in [-0.1, -0.05) is 0 Å². The summed E-state index contributed by atoms with van der Waals surface area (Å²) in [5.74, 6) is -1.68. The molecule has 30 heavy (non-hydrogen) atoms. The molecule has 1 aromatic carbocycles. The van der Waals surface area contributed by atoms with Gasteiger partial charge in [0.1, 0.15) is 0 Å². The van der Waals surface area contributed by atoms with Crippen molar-refractivity contribution >= 4 is 23.5 Å². The second-order valence-corrected chi connectivity index (χ2v) is 8.37. The number of carbonyl (C=O) groups excluding carboxylic acids is 3. The third-order valence-electron chi connectivity index (χ3n) is 6.48. The Morgan fingerprint density at radius 1 is 1.20 bits per heavy atom. The van der Waals surface area contributed by atoms with Crippen LogP contribution in [0.25, 0.3) is 0 Å². The minimum absolute atomic E-state index is 0.0349. The fourth-order valence-corrected chi connectivity index (χ4v) is 5.35. The van der Waals surface area contributed by atoms with Gasteiger partial charge in [0.25, 0.3) is 0 Å². The molecule has 4 heterocycles. The number of fused-ring (bicyclic) bond motifs is 5. The van der Waals surface area contributed by atoms with Crippen molar-refractivity contribution in [1.82, 2.24) is 15.7 Å². The molecule has 0 aromatic heterocycles. The van der Waals surface area contributed by atoms with E-state index in [9.17, 15) is 14.4 Å². The maximum absolute atomic E-state index is 15.7. The van der Waals surface area contributed by atoms with Crippen LogP contribution in [0.4, 0.5) is 14.9 Å². The molecule has 160 valence electrons. The smallest absolute Gasteiger partial charge is 0.328 e. The van der Waals surface area contributed by atoms with Gasteiger partial charge >= 0.3 is 6.03 Å². The zero-order chi connectivity index (χ0) is 21.4. The standard InChI is InChI=1S/C20H23FN4O5/c1-4-24-8-12-5-11-6-20(17(26)22-19(28)23-18(20)27)16-10(3)29-9(2)7-25(16)14(11)13(21)15(12)30-24/h5,9-10,16H,4,6-8H2,1-3H3,(H2,22,23,26,27,28)/t9-,10+,16-/m0/s1. The van der Waals surface area contributed by atoms with E-state index in [4.69, 9.17) is 9.57 Å². The molecule has 9 nitrogen and oxygen atoms in total. The third-order valence-corrected chi connectivity index (χ3v) is 6.48. The zero-order valence-corrected chi connectivity index (χ0v) is 17.0. The number of hydroxylamine groups is 2. The van der Waals surface area contributed by atoms with Crippen LogP contribution in [0.5, 0.6) is 5.75 Å². The molecule has 10 heteroatoms. The van der Waals surface area contributed by atoms with Crippen molar-refractivity contribution in [2.24, 2.45) is 5.41 Å². The lowest BCUT2D eigenvalue weighted by atomic mass is 9.66. The first-order valence-electron chi connectivity index (χ1n) is 10.1. The van der Waals surface area contributed by atoms with Crippen LogP contribution in [0.2, 0.25) is 0 Å². The number of morpholine rings is 1. The Labute approximate surface area is 172 Å². The molecule has 1 spiro atoms. The van der Waals surface area contributed by atoms with Crippen LogP contribution in [-0.2, 0) is 27.3 Å². The molecule has 5 rings (SSSR count). The summed E-state index contributed by atoms with van der Waals surface area (Å²) in [7, 11) is 0. The number of nitrogens with zero attached hydrogens (tertiary/aromatic N) is 2. The SMILES string of the molecule is CCN1Cc2cc3c(c(F)c2O1)N1C[C@H](C)O[C@H](C)[C@H]1C1(C3)C(=O)NC(=O)NC1=O. The summed E-state index contributed by atoms with van der Waals surface area (Å²) in [6.45, 7) is 6.83. The molecular formula is C20H23FN4O5. The summed E-state index contributed by atoms with van der Waals surface area (Å²) in [6.07, 6.45) is -0.823. The summed E-state index contributed by atoms with van der Waals surface area (Å²) >= 11 is 0. The average molecular weight is 418 g/mol. The van der Waals surface area contributed by atoms with Gasteiger partial charge in [-0.2, -0.15) is 0 Å². The molecule has 0 saturated carbocycles. The van der Waals surface area contributed by atoms with E-state index in [-0.39, 0.29) is 18.3 Å². The number of anilines is 1. The van der Waals surface area contributed by atoms with Gasteiger partial charge in [0.05, 0.1) is 30.5 Å². The highest BCUT2D eigenvalue weighted by Gasteiger charge is 2.63. The molecule has 2 N–H and O–H groups in total. The summed E-state index contributed by atoms with van der Waals surface area (Å²) in [6, 6.07) is 0.187. The number of carbonyl (C=O) groups is 3. The number of halogens is 1. The molecule has 1 aromatic rings. The highest BCUT2D eigenvalue weighted by atomic mass is 19.1. The predicted octanol–water partition coefficient (Wildman–Crippen LogP) is 0.846. The average Bonchev–Trinajstić information content (AvgIpc) is 3.09. The Kier molecular flexibility index (Phi) is 4.10. The molecule has 4 amide bonds. The Balaban J connectivity index is 1.71. The molecule has 2 fully saturated rings. The van der Waals surface area contributed by atoms with Crippen LogP contribution >= 0.6 is 0 Å². The van der Waals surface area contributed by atoms with Gasteiger partial charge in [-0.25, -0.2) is 9.18 Å². The number of benzene rings is 1. The number of barbiturate groups is 1. The monoisotopic (exact) mass is 418 g/mol. The number of imide groups is 2. The summed E-state index contributed by atoms with van der Waals surface area (Å²) in [5, 5.41) is 6.11. The van der Waals surface area contributed by atoms with Gasteiger partial charge in [-0.3, -0.25) is 20.2 Å². The van der Waals surface area contributed by atoms with E-state index in [0.717, 1.165) is 0 Å². The van der Waals surface area contributed by atoms with Crippen molar-refractivity contribution in [1.29, 1.82) is 0 Å². The largest absolute Gasteiger partial charge is 0.402 e. The van der Waals surface area contributed by atoms with Gasteiger partial charge < -0.3 is 14.5 Å². The quantitative estimate of drug-likeness (QED) is 0.652. The number of rotatable bonds is 1. The third kappa shape index (κ3) is 2.43. The van der Waals surface area contributed by atoms with Crippen LogP contribution < -0.4 is 20.4 Å². The lowest BCUT2D eigenvalue weighted by molar-refractivity contribution is -0.153. The first kappa shape index (κ1) is 19.3. The highest BCUT2D eigenvalue weighted by Crippen LogP contribution is 2.50. The van der Waals surface area contributed by atoms with Gasteiger partial charge in [-0.15, -0.1) is 5.06 Å². The molecule has 0 radical (unpaired) electrons. The molecular weight excluding hydrogens is 395 g/mol. The number of urea groups is 1. The number of amides is 4. The minimum atomic E-state index is -1.61. The Morgan fingerprint density at radius 3 is 2.57 bits per heavy atom. The fourth-order valence-electron chi connectivity index (χ4n) is 5.35. The molecule has 0 unspecified atom stereocenters. The van der Waals surface area contributed by atoms with E-state index < -0.39 is 41.2 Å². The number of ether oxygens (including phenoxy) is 1. The lowest BCUT2D eigenvalue weighted by Gasteiger charge is -2.55. The van der Waals surface area contributed by atoms with Gasteiger partial charge in [0.15, 0.2) is 17.0 Å². The van der Waals surface area contributed by atoms with Crippen LogP contribution in [0, 0.1) is 11.2 Å². The van der Waals surface area contributed by atoms with Crippen LogP contribution in [0.15, 0.2) is 6.07 Å². The second-order valence-electron chi connectivity index (χ2n) is 8.37. The molecule has 4 aliphatic heterocycles. The van der Waals surface area contributed by atoms with Crippen molar-refractivity contribution in [3.8, 4) is 5.75 Å². The van der Waals surface area contributed by atoms with Crippen molar-refractivity contribution < 1.29 is 28.3 Å². The number of hydrogen-bond donors (Lipinski definition) is 2. The summed E-state index contributed by atoms with van der Waals surface area (Å²) in [5.41, 5.74) is -0.0546. The topological polar surface area (TPSA) is 100 Å². The lowest BCUT2D eigenvalue weighted by Crippen LogP contribution is -2.75. The van der Waals surface area contributed by atoms with Crippen LogP contribution in [-0.4, -0.2) is 54.2 Å². The zero-order valence-electron chi connectivity index (χ0n) is 17.0. The summed E-state index contributed by atoms with van der Waals surface area (Å²) in [4.78, 5) is 45.4. The molecule has 3 atom stereocenters. The van der Waals surface area contributed by atoms with Gasteiger partial charge in [-0.05, 0) is 32.4 Å². The summed E-state index contributed by atoms with van der Waals surface area (Å²) < 4.78 is 21.7. The van der Waals surface area contributed by atoms with E-state index in [2.05, 4.69) is 10.6 Å². The Morgan fingerprint density at radius 2 is 1.90 bits per heavy atom. The molecule has 4 aliphatic rings. The van der Waals surface area contributed by atoms with E-state index in [1.54, 1.807) is 16.9 Å². The van der Waals surface area contributed by atoms with Crippen molar-refractivity contribution in [3.63, 3.8) is 0 Å². The normalized spacial score (nSPS) is 29.7. The van der Waals surface area contributed by atoms with Gasteiger partial charge in [0.2, 0.25) is 11.8 Å². The van der Waals surface area contributed by atoms with Crippen molar-refractivity contribution in [2.45, 2.75) is 52.0 Å². The molecule has 0 aliphatic carbocycles. The first-order valence-corrected chi connectivity index (χ1v) is 10.1.